The smallest absolute Gasteiger partial charge is 0.339 e. The van der Waals surface area contributed by atoms with E-state index in [1.807, 2.05) is 6.92 Å². The average Bonchev–Trinajstić information content (AvgIpc) is 3.38. The molecule has 0 radical (unpaired) electrons. The van der Waals surface area contributed by atoms with Gasteiger partial charge in [-0.2, -0.15) is 0 Å². The molecule has 0 unspecified atom stereocenters. The lowest BCUT2D eigenvalue weighted by molar-refractivity contribution is -0.168. The number of hydroxylamine groups is 2. The minimum Gasteiger partial charge on any atom is -0.496 e. The van der Waals surface area contributed by atoms with Crippen molar-refractivity contribution in [1.29, 1.82) is 0 Å². The fourth-order valence-electron chi connectivity index (χ4n) is 3.92. The zero-order valence-corrected chi connectivity index (χ0v) is 21.2. The first-order valence-electron chi connectivity index (χ1n) is 11.8. The topological polar surface area (TPSA) is 190 Å². The molecule has 37 heavy (non-hydrogen) atoms. The second-order valence-corrected chi connectivity index (χ2v) is 8.17. The summed E-state index contributed by atoms with van der Waals surface area (Å²) < 4.78 is 10.6. The molecule has 2 aromatic rings. The van der Waals surface area contributed by atoms with Gasteiger partial charge in [0, 0.05) is 5.56 Å². The van der Waals surface area contributed by atoms with Crippen LogP contribution in [-0.4, -0.2) is 64.9 Å². The van der Waals surface area contributed by atoms with Crippen molar-refractivity contribution in [2.75, 3.05) is 13.8 Å². The number of benzene rings is 1. The van der Waals surface area contributed by atoms with Crippen molar-refractivity contribution in [2.24, 2.45) is 5.92 Å². The van der Waals surface area contributed by atoms with Crippen LogP contribution in [0.3, 0.4) is 0 Å². The van der Waals surface area contributed by atoms with Gasteiger partial charge in [-0.05, 0) is 43.2 Å². The number of methoxy groups -OCH3 is 1. The third-order valence-electron chi connectivity index (χ3n) is 5.84. The molecule has 1 aromatic carbocycles. The van der Waals surface area contributed by atoms with Gasteiger partial charge in [0.05, 0.1) is 25.7 Å². The largest absolute Gasteiger partial charge is 0.496 e. The van der Waals surface area contributed by atoms with Crippen molar-refractivity contribution in [3.8, 4) is 17.1 Å². The van der Waals surface area contributed by atoms with E-state index in [1.54, 1.807) is 13.0 Å². The Labute approximate surface area is 214 Å². The van der Waals surface area contributed by atoms with Gasteiger partial charge in [-0.15, -0.1) is 0 Å². The number of nitrogens with zero attached hydrogens (tertiary/aromatic N) is 1. The highest BCUT2D eigenvalue weighted by Gasteiger charge is 2.30. The molecule has 0 fully saturated rings. The zero-order valence-electron chi connectivity index (χ0n) is 21.2. The third-order valence-corrected chi connectivity index (χ3v) is 5.84. The number of nitrogens with one attached hydrogen (secondary N) is 2. The first-order valence-corrected chi connectivity index (χ1v) is 11.8. The van der Waals surface area contributed by atoms with E-state index in [4.69, 9.17) is 9.15 Å². The number of furan rings is 1. The number of amides is 3. The van der Waals surface area contributed by atoms with Crippen LogP contribution in [0.2, 0.25) is 0 Å². The minimum absolute atomic E-state index is 0. The monoisotopic (exact) mass is 521 g/mol. The molecule has 1 heterocycles. The SMILES string of the molecule is CCCCC[C@@H](C(=O)NCNC(=O)c1ccc(-c2ccc(OC)c(C(=O)O)c2)o1)[C@@H](CC)N(O)C=O.O. The van der Waals surface area contributed by atoms with Gasteiger partial charge in [-0.25, -0.2) is 9.86 Å². The van der Waals surface area contributed by atoms with E-state index in [1.165, 1.54) is 31.4 Å². The lowest BCUT2D eigenvalue weighted by Gasteiger charge is -2.29. The van der Waals surface area contributed by atoms with Crippen LogP contribution in [0.1, 0.15) is 66.9 Å². The molecule has 0 aliphatic heterocycles. The highest BCUT2D eigenvalue weighted by Crippen LogP contribution is 2.28. The van der Waals surface area contributed by atoms with E-state index in [-0.39, 0.29) is 41.4 Å². The number of rotatable bonds is 15. The summed E-state index contributed by atoms with van der Waals surface area (Å²) in [6.45, 7) is 3.62. The molecule has 0 aliphatic rings. The fourth-order valence-corrected chi connectivity index (χ4v) is 3.92. The maximum Gasteiger partial charge on any atom is 0.339 e. The maximum absolute atomic E-state index is 12.8. The number of carbonyl (C=O) groups excluding carboxylic acids is 3. The van der Waals surface area contributed by atoms with Crippen molar-refractivity contribution in [1.82, 2.24) is 15.7 Å². The van der Waals surface area contributed by atoms with Gasteiger partial charge in [-0.3, -0.25) is 19.6 Å². The van der Waals surface area contributed by atoms with E-state index in [0.29, 0.717) is 23.5 Å². The number of carbonyl (C=O) groups is 4. The molecule has 12 heteroatoms. The van der Waals surface area contributed by atoms with Crippen LogP contribution in [0, 0.1) is 5.92 Å². The Balaban J connectivity index is 0.00000684. The van der Waals surface area contributed by atoms with Crippen LogP contribution in [-0.2, 0) is 9.59 Å². The number of aromatic carboxylic acids is 1. The Kier molecular flexibility index (Phi) is 12.8. The molecule has 1 aromatic heterocycles. The zero-order chi connectivity index (χ0) is 26.7. The molecule has 3 amide bonds. The summed E-state index contributed by atoms with van der Waals surface area (Å²) in [4.78, 5) is 47.8. The Morgan fingerprint density at radius 2 is 1.86 bits per heavy atom. The fraction of sp³-hybridized carbons (Fsp3) is 0.440. The van der Waals surface area contributed by atoms with E-state index in [2.05, 4.69) is 10.6 Å². The van der Waals surface area contributed by atoms with E-state index < -0.39 is 29.7 Å². The molecule has 0 saturated heterocycles. The molecule has 0 saturated carbocycles. The van der Waals surface area contributed by atoms with Gasteiger partial charge in [0.15, 0.2) is 5.76 Å². The molecule has 6 N–H and O–H groups in total. The molecule has 2 rings (SSSR count). The van der Waals surface area contributed by atoms with E-state index in [9.17, 15) is 29.5 Å². The minimum atomic E-state index is -1.16. The van der Waals surface area contributed by atoms with Crippen molar-refractivity contribution in [3.05, 3.63) is 41.7 Å². The standard InChI is InChI=1S/C25H33N3O8.H2O/c1-4-6-7-8-17(19(5-2)28(34)15-29)23(30)26-14-27-24(31)22-12-11-20(36-22)16-9-10-21(35-3)18(13-16)25(32)33;/h9-13,15,17,19,34H,4-8,14H2,1-3H3,(H,26,30)(H,27,31)(H,32,33);1H2/t17-,19-;/m1./s1. The summed E-state index contributed by atoms with van der Waals surface area (Å²) in [5.74, 6) is -2.32. The Hall–Kier alpha value is -3.90. The predicted octanol–water partition coefficient (Wildman–Crippen LogP) is 2.45. The van der Waals surface area contributed by atoms with Gasteiger partial charge >= 0.3 is 5.97 Å². The normalized spacial score (nSPS) is 12.0. The van der Waals surface area contributed by atoms with Gasteiger partial charge in [0.25, 0.3) is 5.91 Å². The number of hydrogen-bond acceptors (Lipinski definition) is 7. The lowest BCUT2D eigenvalue weighted by atomic mass is 9.90. The second kappa shape index (κ2) is 15.3. The highest BCUT2D eigenvalue weighted by atomic mass is 16.5. The first kappa shape index (κ1) is 31.1. The first-order chi connectivity index (χ1) is 17.3. The average molecular weight is 522 g/mol. The van der Waals surface area contributed by atoms with Crippen LogP contribution in [0.4, 0.5) is 0 Å². The van der Waals surface area contributed by atoms with Crippen LogP contribution < -0.4 is 15.4 Å². The Morgan fingerprint density at radius 1 is 1.14 bits per heavy atom. The molecule has 204 valence electrons. The summed E-state index contributed by atoms with van der Waals surface area (Å²) in [6.07, 6.45) is 3.78. The van der Waals surface area contributed by atoms with Crippen LogP contribution >= 0.6 is 0 Å². The Bertz CT molecular complexity index is 1050. The second-order valence-electron chi connectivity index (χ2n) is 8.17. The van der Waals surface area contributed by atoms with Gasteiger partial charge < -0.3 is 30.4 Å². The highest BCUT2D eigenvalue weighted by molar-refractivity contribution is 5.94. The molecule has 12 nitrogen and oxygen atoms in total. The molecule has 2 atom stereocenters. The van der Waals surface area contributed by atoms with E-state index >= 15 is 0 Å². The Morgan fingerprint density at radius 3 is 2.46 bits per heavy atom. The predicted molar refractivity (Wildman–Crippen MR) is 133 cm³/mol. The van der Waals surface area contributed by atoms with Crippen molar-refractivity contribution < 1.29 is 44.1 Å². The van der Waals surface area contributed by atoms with Crippen LogP contribution in [0.5, 0.6) is 5.75 Å². The third kappa shape index (κ3) is 8.33. The molecule has 0 bridgehead atoms. The number of hydrogen-bond donors (Lipinski definition) is 4. The van der Waals surface area contributed by atoms with Gasteiger partial charge in [0.1, 0.15) is 17.1 Å². The molecule has 0 spiro atoms. The number of carboxylic acid groups (broad SMARTS) is 1. The summed E-state index contributed by atoms with van der Waals surface area (Å²) in [5, 5.41) is 24.9. The van der Waals surface area contributed by atoms with Crippen LogP contribution in [0.15, 0.2) is 34.7 Å². The summed E-state index contributed by atoms with van der Waals surface area (Å²) in [7, 11) is 1.37. The molecular formula is C25H35N3O9. The quantitative estimate of drug-likeness (QED) is 0.0903. The maximum atomic E-state index is 12.8. The van der Waals surface area contributed by atoms with Gasteiger partial charge in [0.2, 0.25) is 12.3 Å². The molecule has 0 aliphatic carbocycles. The number of carboxylic acids is 1. The summed E-state index contributed by atoms with van der Waals surface area (Å²) in [6, 6.07) is 6.78. The van der Waals surface area contributed by atoms with Crippen molar-refractivity contribution >= 4 is 24.2 Å². The number of unbranched alkanes of at least 4 members (excludes halogenated alkanes) is 2. The van der Waals surface area contributed by atoms with Gasteiger partial charge in [-0.1, -0.05) is 33.1 Å². The van der Waals surface area contributed by atoms with Crippen molar-refractivity contribution in [3.63, 3.8) is 0 Å². The summed E-state index contributed by atoms with van der Waals surface area (Å²) >= 11 is 0. The molecular weight excluding hydrogens is 486 g/mol. The lowest BCUT2D eigenvalue weighted by Crippen LogP contribution is -2.47. The van der Waals surface area contributed by atoms with E-state index in [0.717, 1.165) is 19.3 Å². The van der Waals surface area contributed by atoms with Crippen LogP contribution in [0.25, 0.3) is 11.3 Å². The number of ether oxygens (including phenoxy) is 1. The summed E-state index contributed by atoms with van der Waals surface area (Å²) in [5.41, 5.74) is 0.403. The van der Waals surface area contributed by atoms with Crippen molar-refractivity contribution in [2.45, 2.75) is 52.0 Å².